The second-order valence-electron chi connectivity index (χ2n) is 6.14. The minimum atomic E-state index is -0.0638. The SMILES string of the molecule is CC1(N)CCC(c2ccccc2)(c2ccccc2)C1. The van der Waals surface area contributed by atoms with E-state index in [-0.39, 0.29) is 11.0 Å². The number of benzene rings is 2. The van der Waals surface area contributed by atoms with E-state index < -0.39 is 0 Å². The molecule has 1 heteroatoms. The highest BCUT2D eigenvalue weighted by Crippen LogP contribution is 2.49. The molecule has 0 spiro atoms. The van der Waals surface area contributed by atoms with E-state index >= 15 is 0 Å². The van der Waals surface area contributed by atoms with E-state index in [1.807, 2.05) is 0 Å². The lowest BCUT2D eigenvalue weighted by Gasteiger charge is -2.32. The predicted octanol–water partition coefficient (Wildman–Crippen LogP) is 3.87. The van der Waals surface area contributed by atoms with Gasteiger partial charge in [-0.15, -0.1) is 0 Å². The van der Waals surface area contributed by atoms with Gasteiger partial charge in [-0.05, 0) is 37.3 Å². The van der Waals surface area contributed by atoms with Crippen molar-refractivity contribution in [1.82, 2.24) is 0 Å². The van der Waals surface area contributed by atoms with Gasteiger partial charge in [-0.2, -0.15) is 0 Å². The van der Waals surface area contributed by atoms with Crippen LogP contribution < -0.4 is 5.73 Å². The van der Waals surface area contributed by atoms with Gasteiger partial charge in [0.25, 0.3) is 0 Å². The van der Waals surface area contributed by atoms with Gasteiger partial charge in [-0.1, -0.05) is 60.7 Å². The lowest BCUT2D eigenvalue weighted by Crippen LogP contribution is -2.36. The van der Waals surface area contributed by atoms with E-state index in [4.69, 9.17) is 5.73 Å². The Morgan fingerprint density at radius 1 is 0.789 bits per heavy atom. The third-order valence-corrected chi connectivity index (χ3v) is 4.48. The van der Waals surface area contributed by atoms with Gasteiger partial charge in [-0.3, -0.25) is 0 Å². The first-order chi connectivity index (χ1) is 9.12. The monoisotopic (exact) mass is 251 g/mol. The summed E-state index contributed by atoms with van der Waals surface area (Å²) in [7, 11) is 0. The third kappa shape index (κ3) is 2.19. The quantitative estimate of drug-likeness (QED) is 0.861. The standard InChI is InChI=1S/C18H21N/c1-17(19)12-13-18(14-17,15-8-4-2-5-9-15)16-10-6-3-7-11-16/h2-11H,12-14,19H2,1H3. The molecule has 2 N–H and O–H groups in total. The fraction of sp³-hybridized carbons (Fsp3) is 0.333. The summed E-state index contributed by atoms with van der Waals surface area (Å²) in [6.45, 7) is 2.18. The van der Waals surface area contributed by atoms with Crippen molar-refractivity contribution < 1.29 is 0 Å². The van der Waals surface area contributed by atoms with Gasteiger partial charge in [0, 0.05) is 11.0 Å². The van der Waals surface area contributed by atoms with E-state index in [0.29, 0.717) is 0 Å². The van der Waals surface area contributed by atoms with Gasteiger partial charge < -0.3 is 5.73 Å². The summed E-state index contributed by atoms with van der Waals surface area (Å²) >= 11 is 0. The average Bonchev–Trinajstić information content (AvgIpc) is 2.78. The summed E-state index contributed by atoms with van der Waals surface area (Å²) in [5, 5.41) is 0. The summed E-state index contributed by atoms with van der Waals surface area (Å²) in [6.07, 6.45) is 3.23. The van der Waals surface area contributed by atoms with Gasteiger partial charge >= 0.3 is 0 Å². The molecular weight excluding hydrogens is 230 g/mol. The smallest absolute Gasteiger partial charge is 0.0220 e. The molecule has 98 valence electrons. The van der Waals surface area contributed by atoms with Crippen molar-refractivity contribution in [2.75, 3.05) is 0 Å². The minimum Gasteiger partial charge on any atom is -0.325 e. The lowest BCUT2D eigenvalue weighted by molar-refractivity contribution is 0.443. The van der Waals surface area contributed by atoms with Crippen LogP contribution in [0.1, 0.15) is 37.3 Å². The Morgan fingerprint density at radius 3 is 1.63 bits per heavy atom. The second kappa shape index (κ2) is 4.50. The maximum atomic E-state index is 6.43. The van der Waals surface area contributed by atoms with Crippen molar-refractivity contribution >= 4 is 0 Å². The highest BCUT2D eigenvalue weighted by atomic mass is 14.8. The van der Waals surface area contributed by atoms with Crippen LogP contribution in [-0.2, 0) is 5.41 Å². The topological polar surface area (TPSA) is 26.0 Å². The zero-order chi connectivity index (χ0) is 13.3. The number of hydrogen-bond acceptors (Lipinski definition) is 1. The van der Waals surface area contributed by atoms with Crippen LogP contribution in [0.25, 0.3) is 0 Å². The lowest BCUT2D eigenvalue weighted by atomic mass is 9.72. The molecule has 1 aliphatic rings. The first kappa shape index (κ1) is 12.4. The van der Waals surface area contributed by atoms with Crippen molar-refractivity contribution in [1.29, 1.82) is 0 Å². The average molecular weight is 251 g/mol. The maximum absolute atomic E-state index is 6.43. The van der Waals surface area contributed by atoms with Gasteiger partial charge in [0.2, 0.25) is 0 Å². The fourth-order valence-corrected chi connectivity index (χ4v) is 3.54. The molecule has 0 amide bonds. The Bertz CT molecular complexity index is 503. The molecule has 3 rings (SSSR count). The summed E-state index contributed by atoms with van der Waals surface area (Å²) < 4.78 is 0. The fourth-order valence-electron chi connectivity index (χ4n) is 3.54. The van der Waals surface area contributed by atoms with Crippen molar-refractivity contribution in [3.8, 4) is 0 Å². The molecule has 1 unspecified atom stereocenters. The Labute approximate surface area is 115 Å². The predicted molar refractivity (Wildman–Crippen MR) is 80.1 cm³/mol. The van der Waals surface area contributed by atoms with Crippen LogP contribution in [0.15, 0.2) is 60.7 Å². The van der Waals surface area contributed by atoms with Gasteiger partial charge in [0.15, 0.2) is 0 Å². The summed E-state index contributed by atoms with van der Waals surface area (Å²) in [4.78, 5) is 0. The summed E-state index contributed by atoms with van der Waals surface area (Å²) in [5.74, 6) is 0. The Morgan fingerprint density at radius 2 is 1.26 bits per heavy atom. The van der Waals surface area contributed by atoms with E-state index in [1.165, 1.54) is 11.1 Å². The van der Waals surface area contributed by atoms with Gasteiger partial charge in [0.1, 0.15) is 0 Å². The van der Waals surface area contributed by atoms with Crippen molar-refractivity contribution in [2.45, 2.75) is 37.1 Å². The largest absolute Gasteiger partial charge is 0.325 e. The number of hydrogen-bond donors (Lipinski definition) is 1. The molecule has 2 aromatic carbocycles. The van der Waals surface area contributed by atoms with Crippen LogP contribution in [0.5, 0.6) is 0 Å². The molecule has 1 aliphatic carbocycles. The van der Waals surface area contributed by atoms with Crippen LogP contribution in [0.2, 0.25) is 0 Å². The van der Waals surface area contributed by atoms with Crippen LogP contribution in [0.3, 0.4) is 0 Å². The van der Waals surface area contributed by atoms with E-state index in [1.54, 1.807) is 0 Å². The normalized spacial score (nSPS) is 25.4. The molecule has 0 aromatic heterocycles. The highest BCUT2D eigenvalue weighted by molar-refractivity contribution is 5.41. The van der Waals surface area contributed by atoms with E-state index in [2.05, 4.69) is 67.6 Å². The van der Waals surface area contributed by atoms with Crippen LogP contribution >= 0.6 is 0 Å². The molecule has 0 aliphatic heterocycles. The highest BCUT2D eigenvalue weighted by Gasteiger charge is 2.45. The van der Waals surface area contributed by atoms with Crippen molar-refractivity contribution in [3.63, 3.8) is 0 Å². The Balaban J connectivity index is 2.13. The molecule has 0 heterocycles. The van der Waals surface area contributed by atoms with E-state index in [0.717, 1.165) is 19.3 Å². The van der Waals surface area contributed by atoms with Crippen LogP contribution in [0, 0.1) is 0 Å². The maximum Gasteiger partial charge on any atom is 0.0220 e. The molecule has 0 radical (unpaired) electrons. The molecule has 19 heavy (non-hydrogen) atoms. The molecule has 2 aromatic rings. The van der Waals surface area contributed by atoms with E-state index in [9.17, 15) is 0 Å². The van der Waals surface area contributed by atoms with Gasteiger partial charge in [-0.25, -0.2) is 0 Å². The first-order valence-electron chi connectivity index (χ1n) is 7.02. The summed E-state index contributed by atoms with van der Waals surface area (Å²) in [5.41, 5.74) is 9.25. The minimum absolute atomic E-state index is 0.0638. The Kier molecular flexibility index (Phi) is 2.94. The van der Waals surface area contributed by atoms with Crippen molar-refractivity contribution in [2.24, 2.45) is 5.73 Å². The van der Waals surface area contributed by atoms with Crippen LogP contribution in [0.4, 0.5) is 0 Å². The van der Waals surface area contributed by atoms with Crippen LogP contribution in [-0.4, -0.2) is 5.54 Å². The molecular formula is C18H21N. The number of nitrogens with two attached hydrogens (primary N) is 1. The summed E-state index contributed by atoms with van der Waals surface area (Å²) in [6, 6.07) is 21.7. The third-order valence-electron chi connectivity index (χ3n) is 4.48. The molecule has 0 bridgehead atoms. The molecule has 1 nitrogen and oxygen atoms in total. The number of rotatable bonds is 2. The molecule has 1 fully saturated rings. The second-order valence-corrected chi connectivity index (χ2v) is 6.14. The Hall–Kier alpha value is -1.60. The first-order valence-corrected chi connectivity index (χ1v) is 7.02. The zero-order valence-electron chi connectivity index (χ0n) is 11.5. The van der Waals surface area contributed by atoms with Gasteiger partial charge in [0.05, 0.1) is 0 Å². The van der Waals surface area contributed by atoms with Crippen molar-refractivity contribution in [3.05, 3.63) is 71.8 Å². The molecule has 1 saturated carbocycles. The molecule has 0 saturated heterocycles. The molecule has 1 atom stereocenters. The zero-order valence-corrected chi connectivity index (χ0v) is 11.5.